The lowest BCUT2D eigenvalue weighted by Gasteiger charge is -2.45. The number of hydrogen-bond acceptors (Lipinski definition) is 4. The van der Waals surface area contributed by atoms with Gasteiger partial charge < -0.3 is 9.64 Å². The van der Waals surface area contributed by atoms with Gasteiger partial charge in [0.05, 0.1) is 23.3 Å². The number of anilines is 1. The fraction of sp³-hybridized carbons (Fsp3) is 0.556. The molecule has 1 amide bonds. The van der Waals surface area contributed by atoms with Crippen LogP contribution in [0.5, 0.6) is 0 Å². The highest BCUT2D eigenvalue weighted by Crippen LogP contribution is 2.28. The van der Waals surface area contributed by atoms with E-state index < -0.39 is 5.60 Å². The van der Waals surface area contributed by atoms with Crippen LogP contribution in [0.1, 0.15) is 40.2 Å². The summed E-state index contributed by atoms with van der Waals surface area (Å²) < 4.78 is 6.41. The summed E-state index contributed by atoms with van der Waals surface area (Å²) in [4.78, 5) is 16.4. The van der Waals surface area contributed by atoms with Crippen LogP contribution >= 0.6 is 15.9 Å². The third kappa shape index (κ3) is 4.21. The Bertz CT molecular complexity index is 651. The Morgan fingerprint density at radius 3 is 2.38 bits per heavy atom. The molecule has 0 saturated carbocycles. The van der Waals surface area contributed by atoms with Crippen LogP contribution in [-0.2, 0) is 4.74 Å². The molecule has 2 atom stereocenters. The summed E-state index contributed by atoms with van der Waals surface area (Å²) in [5.41, 5.74) is 1.03. The summed E-state index contributed by atoms with van der Waals surface area (Å²) in [6, 6.07) is 7.96. The number of amides is 1. The van der Waals surface area contributed by atoms with Crippen LogP contribution in [0.3, 0.4) is 0 Å². The maximum atomic E-state index is 12.5. The molecule has 1 fully saturated rings. The van der Waals surface area contributed by atoms with E-state index in [9.17, 15) is 10.1 Å². The zero-order chi connectivity index (χ0) is 18.1. The lowest BCUT2D eigenvalue weighted by atomic mass is 10.1. The Labute approximate surface area is 152 Å². The van der Waals surface area contributed by atoms with Gasteiger partial charge in [-0.3, -0.25) is 4.90 Å². The summed E-state index contributed by atoms with van der Waals surface area (Å²) >= 11 is 3.40. The molecule has 1 heterocycles. The number of benzene rings is 1. The van der Waals surface area contributed by atoms with Crippen LogP contribution in [0, 0.1) is 11.3 Å². The fourth-order valence-corrected chi connectivity index (χ4v) is 3.43. The highest BCUT2D eigenvalue weighted by atomic mass is 79.9. The van der Waals surface area contributed by atoms with Crippen LogP contribution in [0.2, 0.25) is 0 Å². The lowest BCUT2D eigenvalue weighted by Crippen LogP contribution is -2.59. The Hall–Kier alpha value is -1.74. The van der Waals surface area contributed by atoms with Crippen molar-refractivity contribution >= 4 is 27.7 Å². The zero-order valence-corrected chi connectivity index (χ0v) is 16.4. The number of ether oxygens (including phenoxy) is 1. The molecule has 6 heteroatoms. The van der Waals surface area contributed by atoms with Gasteiger partial charge in [-0.2, -0.15) is 5.26 Å². The average molecular weight is 394 g/mol. The van der Waals surface area contributed by atoms with Crippen molar-refractivity contribution in [2.75, 3.05) is 18.0 Å². The molecule has 1 aliphatic rings. The van der Waals surface area contributed by atoms with Crippen LogP contribution in [0.25, 0.3) is 0 Å². The van der Waals surface area contributed by atoms with E-state index in [0.717, 1.165) is 10.2 Å². The molecule has 1 aliphatic heterocycles. The minimum atomic E-state index is -0.507. The van der Waals surface area contributed by atoms with Crippen LogP contribution < -0.4 is 4.90 Å². The van der Waals surface area contributed by atoms with Crippen LogP contribution in [-0.4, -0.2) is 41.8 Å². The second-order valence-corrected chi connectivity index (χ2v) is 8.18. The maximum absolute atomic E-state index is 12.5. The first-order chi connectivity index (χ1) is 11.1. The molecule has 0 N–H and O–H groups in total. The van der Waals surface area contributed by atoms with E-state index in [2.05, 4.69) is 26.9 Å². The van der Waals surface area contributed by atoms with Crippen LogP contribution in [0.15, 0.2) is 22.7 Å². The van der Waals surface area contributed by atoms with E-state index in [0.29, 0.717) is 18.7 Å². The quantitative estimate of drug-likeness (QED) is 0.718. The van der Waals surface area contributed by atoms with Gasteiger partial charge in [-0.15, -0.1) is 0 Å². The summed E-state index contributed by atoms with van der Waals surface area (Å²) in [5.74, 6) is 0. The van der Waals surface area contributed by atoms with Crippen LogP contribution in [0.4, 0.5) is 10.5 Å². The highest BCUT2D eigenvalue weighted by molar-refractivity contribution is 9.10. The predicted molar refractivity (Wildman–Crippen MR) is 98.1 cm³/mol. The van der Waals surface area contributed by atoms with Gasteiger partial charge in [0, 0.05) is 17.6 Å². The smallest absolute Gasteiger partial charge is 0.410 e. The van der Waals surface area contributed by atoms with E-state index in [-0.39, 0.29) is 18.2 Å². The normalized spacial score (nSPS) is 21.4. The molecule has 1 saturated heterocycles. The molecule has 1 aromatic carbocycles. The third-order valence-electron chi connectivity index (χ3n) is 3.94. The Kier molecular flexibility index (Phi) is 5.44. The second-order valence-electron chi connectivity index (χ2n) is 7.26. The van der Waals surface area contributed by atoms with Crippen molar-refractivity contribution in [1.29, 1.82) is 5.26 Å². The van der Waals surface area contributed by atoms with Crippen molar-refractivity contribution in [3.8, 4) is 6.07 Å². The first kappa shape index (κ1) is 18.6. The van der Waals surface area contributed by atoms with E-state index in [1.165, 1.54) is 0 Å². The number of nitrogens with zero attached hydrogens (tertiary/aromatic N) is 3. The van der Waals surface area contributed by atoms with Gasteiger partial charge in [-0.25, -0.2) is 4.79 Å². The van der Waals surface area contributed by atoms with E-state index in [1.54, 1.807) is 4.90 Å². The molecule has 0 unspecified atom stereocenters. The zero-order valence-electron chi connectivity index (χ0n) is 14.8. The van der Waals surface area contributed by atoms with Crippen molar-refractivity contribution in [2.24, 2.45) is 0 Å². The van der Waals surface area contributed by atoms with Crippen molar-refractivity contribution < 1.29 is 9.53 Å². The summed E-state index contributed by atoms with van der Waals surface area (Å²) in [6.07, 6.45) is -0.279. The average Bonchev–Trinajstić information content (AvgIpc) is 2.44. The highest BCUT2D eigenvalue weighted by Gasteiger charge is 2.36. The molecular formula is C18H24BrN3O2. The fourth-order valence-electron chi connectivity index (χ4n) is 3.07. The topological polar surface area (TPSA) is 56.6 Å². The minimum absolute atomic E-state index is 0.00112. The van der Waals surface area contributed by atoms with E-state index in [4.69, 9.17) is 4.74 Å². The van der Waals surface area contributed by atoms with Gasteiger partial charge in [0.25, 0.3) is 0 Å². The number of carbonyl (C=O) groups is 1. The SMILES string of the molecule is C[C@@H]1CN(c2ccc(Br)cc2C#N)C[C@H](C)N1C(=O)OC(C)(C)C. The van der Waals surface area contributed by atoms with Gasteiger partial charge in [0.2, 0.25) is 0 Å². The second kappa shape index (κ2) is 7.02. The molecule has 1 aromatic rings. The summed E-state index contributed by atoms with van der Waals surface area (Å²) in [7, 11) is 0. The van der Waals surface area contributed by atoms with E-state index >= 15 is 0 Å². The van der Waals surface area contributed by atoms with Gasteiger partial charge in [0.15, 0.2) is 0 Å². The maximum Gasteiger partial charge on any atom is 0.410 e. The first-order valence-corrected chi connectivity index (χ1v) is 8.87. The summed E-state index contributed by atoms with van der Waals surface area (Å²) in [6.45, 7) is 11.0. The largest absolute Gasteiger partial charge is 0.444 e. The number of nitriles is 1. The molecule has 5 nitrogen and oxygen atoms in total. The molecular weight excluding hydrogens is 370 g/mol. The standard InChI is InChI=1S/C18H24BrN3O2/c1-12-10-21(16-7-6-15(19)8-14(16)9-20)11-13(2)22(12)17(23)24-18(3,4)5/h6-8,12-13H,10-11H2,1-5H3/t12-,13+. The van der Waals surface area contributed by atoms with Crippen molar-refractivity contribution in [3.05, 3.63) is 28.2 Å². The number of carbonyl (C=O) groups excluding carboxylic acids is 1. The first-order valence-electron chi connectivity index (χ1n) is 8.08. The molecule has 2 rings (SSSR count). The van der Waals surface area contributed by atoms with Gasteiger partial charge >= 0.3 is 6.09 Å². The van der Waals surface area contributed by atoms with Crippen molar-refractivity contribution in [3.63, 3.8) is 0 Å². The molecule has 0 spiro atoms. The molecule has 130 valence electrons. The molecule has 0 aromatic heterocycles. The molecule has 0 bridgehead atoms. The van der Waals surface area contributed by atoms with Crippen molar-refractivity contribution in [1.82, 2.24) is 4.90 Å². The Morgan fingerprint density at radius 1 is 1.29 bits per heavy atom. The predicted octanol–water partition coefficient (Wildman–Crippen LogP) is 4.15. The number of halogens is 1. The van der Waals surface area contributed by atoms with Gasteiger partial charge in [-0.05, 0) is 52.8 Å². The lowest BCUT2D eigenvalue weighted by molar-refractivity contribution is 0.00566. The minimum Gasteiger partial charge on any atom is -0.444 e. The number of rotatable bonds is 1. The third-order valence-corrected chi connectivity index (χ3v) is 4.44. The van der Waals surface area contributed by atoms with Crippen molar-refractivity contribution in [2.45, 2.75) is 52.3 Å². The number of piperazine rings is 1. The molecule has 0 radical (unpaired) electrons. The Morgan fingerprint density at radius 2 is 1.88 bits per heavy atom. The van der Waals surface area contributed by atoms with E-state index in [1.807, 2.05) is 52.8 Å². The molecule has 0 aliphatic carbocycles. The Balaban J connectivity index is 2.19. The van der Waals surface area contributed by atoms with Gasteiger partial charge in [0.1, 0.15) is 11.7 Å². The van der Waals surface area contributed by atoms with Gasteiger partial charge in [-0.1, -0.05) is 15.9 Å². The monoisotopic (exact) mass is 393 g/mol. The molecule has 24 heavy (non-hydrogen) atoms. The number of hydrogen-bond donors (Lipinski definition) is 0. The summed E-state index contributed by atoms with van der Waals surface area (Å²) in [5, 5.41) is 9.39.